The van der Waals surface area contributed by atoms with E-state index in [1.807, 2.05) is 17.0 Å². The maximum Gasteiger partial charge on any atom is 0.227 e. The average Bonchev–Trinajstić information content (AvgIpc) is 3.11. The predicted molar refractivity (Wildman–Crippen MR) is 77.2 cm³/mol. The molecule has 2 fully saturated rings. The van der Waals surface area contributed by atoms with Gasteiger partial charge in [0.05, 0.1) is 6.42 Å². The lowest BCUT2D eigenvalue weighted by Gasteiger charge is -2.34. The topological polar surface area (TPSA) is 45.2 Å². The molecular formula is C13H16IN3O. The molecule has 1 aliphatic carbocycles. The monoisotopic (exact) mass is 357 g/mol. The van der Waals surface area contributed by atoms with E-state index in [9.17, 15) is 4.79 Å². The molecule has 0 unspecified atom stereocenters. The van der Waals surface area contributed by atoms with Crippen LogP contribution >= 0.6 is 22.6 Å². The standard InChI is InChI=1S/C13H16IN3O/c14-11-2-1-10(8-15-11)7-12(18)17-6-5-16-13(9-17)3-4-13/h1-2,8,16H,3-7,9H2. The first-order valence-corrected chi connectivity index (χ1v) is 7.38. The lowest BCUT2D eigenvalue weighted by Crippen LogP contribution is -2.54. The highest BCUT2D eigenvalue weighted by Crippen LogP contribution is 2.37. The number of hydrogen-bond acceptors (Lipinski definition) is 3. The van der Waals surface area contributed by atoms with Gasteiger partial charge in [0.15, 0.2) is 0 Å². The Bertz CT molecular complexity index is 456. The molecule has 4 nitrogen and oxygen atoms in total. The number of carbonyl (C=O) groups excluding carboxylic acids is 1. The lowest BCUT2D eigenvalue weighted by atomic mass is 10.1. The Morgan fingerprint density at radius 3 is 3.00 bits per heavy atom. The first-order valence-electron chi connectivity index (χ1n) is 6.30. The van der Waals surface area contributed by atoms with Gasteiger partial charge >= 0.3 is 0 Å². The second-order valence-corrected chi connectivity index (χ2v) is 6.29. The van der Waals surface area contributed by atoms with Gasteiger partial charge in [0.2, 0.25) is 5.91 Å². The summed E-state index contributed by atoms with van der Waals surface area (Å²) >= 11 is 2.17. The number of halogens is 1. The van der Waals surface area contributed by atoms with Crippen LogP contribution in [0.2, 0.25) is 0 Å². The third-order valence-corrected chi connectivity index (χ3v) is 4.36. The van der Waals surface area contributed by atoms with E-state index < -0.39 is 0 Å². The molecule has 1 amide bonds. The van der Waals surface area contributed by atoms with E-state index in [-0.39, 0.29) is 11.4 Å². The van der Waals surface area contributed by atoms with Gasteiger partial charge in [-0.2, -0.15) is 0 Å². The smallest absolute Gasteiger partial charge is 0.227 e. The molecule has 0 atom stereocenters. The molecule has 2 aliphatic rings. The van der Waals surface area contributed by atoms with Crippen molar-refractivity contribution >= 4 is 28.5 Å². The molecule has 1 aromatic heterocycles. The van der Waals surface area contributed by atoms with Crippen LogP contribution in [0.15, 0.2) is 18.3 Å². The molecule has 2 heterocycles. The fraction of sp³-hybridized carbons (Fsp3) is 0.538. The van der Waals surface area contributed by atoms with Gasteiger partial charge in [0.25, 0.3) is 0 Å². The van der Waals surface area contributed by atoms with Crippen molar-refractivity contribution in [3.05, 3.63) is 27.6 Å². The maximum atomic E-state index is 12.2. The summed E-state index contributed by atoms with van der Waals surface area (Å²) in [4.78, 5) is 18.5. The van der Waals surface area contributed by atoms with E-state index in [1.54, 1.807) is 6.20 Å². The lowest BCUT2D eigenvalue weighted by molar-refractivity contribution is -0.131. The van der Waals surface area contributed by atoms with Crippen LogP contribution in [0.25, 0.3) is 0 Å². The quantitative estimate of drug-likeness (QED) is 0.639. The minimum absolute atomic E-state index is 0.228. The number of rotatable bonds is 2. The first kappa shape index (κ1) is 12.3. The Hall–Kier alpha value is -0.690. The van der Waals surface area contributed by atoms with Gasteiger partial charge in [-0.3, -0.25) is 9.78 Å². The van der Waals surface area contributed by atoms with Gasteiger partial charge in [0, 0.05) is 31.4 Å². The molecule has 1 spiro atoms. The van der Waals surface area contributed by atoms with E-state index in [4.69, 9.17) is 0 Å². The number of pyridine rings is 1. The van der Waals surface area contributed by atoms with Crippen molar-refractivity contribution in [2.75, 3.05) is 19.6 Å². The molecule has 0 aromatic carbocycles. The molecule has 1 aromatic rings. The zero-order valence-corrected chi connectivity index (χ0v) is 12.3. The van der Waals surface area contributed by atoms with Crippen molar-refractivity contribution in [3.63, 3.8) is 0 Å². The highest BCUT2D eigenvalue weighted by Gasteiger charge is 2.46. The highest BCUT2D eigenvalue weighted by molar-refractivity contribution is 14.1. The molecule has 0 bridgehead atoms. The second kappa shape index (κ2) is 4.77. The average molecular weight is 357 g/mol. The molecule has 1 aliphatic heterocycles. The molecule has 0 radical (unpaired) electrons. The molecule has 96 valence electrons. The number of amides is 1. The fourth-order valence-corrected chi connectivity index (χ4v) is 2.77. The summed E-state index contributed by atoms with van der Waals surface area (Å²) in [6.45, 7) is 2.64. The van der Waals surface area contributed by atoms with Crippen LogP contribution < -0.4 is 5.32 Å². The third-order valence-electron chi connectivity index (χ3n) is 3.73. The van der Waals surface area contributed by atoms with Gasteiger partial charge in [-0.05, 0) is 47.1 Å². The molecular weight excluding hydrogens is 341 g/mol. The van der Waals surface area contributed by atoms with Crippen molar-refractivity contribution in [2.45, 2.75) is 24.8 Å². The van der Waals surface area contributed by atoms with E-state index in [0.717, 1.165) is 28.9 Å². The Kier molecular flexibility index (Phi) is 3.27. The second-order valence-electron chi connectivity index (χ2n) is 5.19. The van der Waals surface area contributed by atoms with Crippen LogP contribution in [0, 0.1) is 3.70 Å². The summed E-state index contributed by atoms with van der Waals surface area (Å²) in [5.41, 5.74) is 1.27. The van der Waals surface area contributed by atoms with Crippen LogP contribution in [-0.4, -0.2) is 41.0 Å². The van der Waals surface area contributed by atoms with Gasteiger partial charge in [-0.1, -0.05) is 6.07 Å². The van der Waals surface area contributed by atoms with Crippen molar-refractivity contribution in [2.24, 2.45) is 0 Å². The Labute approximate surface area is 120 Å². The number of nitrogens with one attached hydrogen (secondary N) is 1. The summed E-state index contributed by atoms with van der Waals surface area (Å²) in [6.07, 6.45) is 4.69. The number of nitrogens with zero attached hydrogens (tertiary/aromatic N) is 2. The molecule has 3 rings (SSSR count). The van der Waals surface area contributed by atoms with Gasteiger partial charge in [0.1, 0.15) is 3.70 Å². The van der Waals surface area contributed by atoms with Gasteiger partial charge in [-0.25, -0.2) is 0 Å². The SMILES string of the molecule is O=C(Cc1ccc(I)nc1)N1CCNC2(CC2)C1. The normalized spacial score (nSPS) is 21.1. The van der Waals surface area contributed by atoms with Crippen molar-refractivity contribution in [1.29, 1.82) is 0 Å². The molecule has 5 heteroatoms. The zero-order chi connectivity index (χ0) is 12.6. The Morgan fingerprint density at radius 1 is 1.50 bits per heavy atom. The number of hydrogen-bond donors (Lipinski definition) is 1. The minimum atomic E-state index is 0.228. The van der Waals surface area contributed by atoms with Gasteiger partial charge < -0.3 is 10.2 Å². The summed E-state index contributed by atoms with van der Waals surface area (Å²) in [7, 11) is 0. The van der Waals surface area contributed by atoms with Crippen LogP contribution in [0.1, 0.15) is 18.4 Å². The summed E-state index contributed by atoms with van der Waals surface area (Å²) < 4.78 is 0.961. The fourth-order valence-electron chi connectivity index (χ4n) is 2.45. The van der Waals surface area contributed by atoms with Crippen molar-refractivity contribution in [1.82, 2.24) is 15.2 Å². The molecule has 1 saturated carbocycles. The van der Waals surface area contributed by atoms with Crippen molar-refractivity contribution < 1.29 is 4.79 Å². The van der Waals surface area contributed by atoms with Gasteiger partial charge in [-0.15, -0.1) is 0 Å². The summed E-state index contributed by atoms with van der Waals surface area (Å²) in [5.74, 6) is 0.228. The van der Waals surface area contributed by atoms with Crippen LogP contribution in [-0.2, 0) is 11.2 Å². The van der Waals surface area contributed by atoms with Crippen LogP contribution in [0.4, 0.5) is 0 Å². The Balaban J connectivity index is 1.62. The summed E-state index contributed by atoms with van der Waals surface area (Å²) in [5, 5.41) is 3.52. The minimum Gasteiger partial charge on any atom is -0.339 e. The maximum absolute atomic E-state index is 12.2. The largest absolute Gasteiger partial charge is 0.339 e. The first-order chi connectivity index (χ1) is 8.67. The number of piperazine rings is 1. The number of aromatic nitrogens is 1. The Morgan fingerprint density at radius 2 is 2.33 bits per heavy atom. The number of carbonyl (C=O) groups is 1. The molecule has 1 N–H and O–H groups in total. The molecule has 1 saturated heterocycles. The van der Waals surface area contributed by atoms with E-state index in [2.05, 4.69) is 32.9 Å². The van der Waals surface area contributed by atoms with E-state index in [1.165, 1.54) is 12.8 Å². The third kappa shape index (κ3) is 2.66. The van der Waals surface area contributed by atoms with Crippen molar-refractivity contribution in [3.8, 4) is 0 Å². The van der Waals surface area contributed by atoms with Crippen LogP contribution in [0.5, 0.6) is 0 Å². The molecule has 18 heavy (non-hydrogen) atoms. The predicted octanol–water partition coefficient (Wildman–Crippen LogP) is 1.19. The zero-order valence-electron chi connectivity index (χ0n) is 10.2. The summed E-state index contributed by atoms with van der Waals surface area (Å²) in [6, 6.07) is 3.94. The van der Waals surface area contributed by atoms with E-state index in [0.29, 0.717) is 6.42 Å². The van der Waals surface area contributed by atoms with E-state index >= 15 is 0 Å². The highest BCUT2D eigenvalue weighted by atomic mass is 127. The van der Waals surface area contributed by atoms with Crippen LogP contribution in [0.3, 0.4) is 0 Å².